The molecule has 1 aliphatic rings. The maximum Gasteiger partial charge on any atom is 0.275 e. The van der Waals surface area contributed by atoms with Gasteiger partial charge in [-0.15, -0.1) is 0 Å². The highest BCUT2D eigenvalue weighted by Crippen LogP contribution is 2.25. The van der Waals surface area contributed by atoms with Crippen molar-refractivity contribution in [2.24, 2.45) is 0 Å². The highest BCUT2D eigenvalue weighted by atomic mass is 19.1. The molecule has 4 rings (SSSR count). The van der Waals surface area contributed by atoms with Crippen molar-refractivity contribution in [1.82, 2.24) is 20.0 Å². The number of nitrogens with one attached hydrogen (secondary N) is 1. The van der Waals surface area contributed by atoms with E-state index in [9.17, 15) is 14.0 Å². The highest BCUT2D eigenvalue weighted by molar-refractivity contribution is 5.92. The number of hydrogen-bond acceptors (Lipinski definition) is 4. The van der Waals surface area contributed by atoms with Crippen LogP contribution in [0, 0.1) is 12.7 Å². The molecule has 1 N–H and O–H groups in total. The Labute approximate surface area is 186 Å². The smallest absolute Gasteiger partial charge is 0.275 e. The third-order valence-electron chi connectivity index (χ3n) is 6.07. The van der Waals surface area contributed by atoms with Crippen LogP contribution in [-0.2, 0) is 13.0 Å². The monoisotopic (exact) mass is 434 g/mol. The standard InChI is InChI=1S/C25H27FN4O2/c1-17-14-22(31)23(28-30(17)21-11-7-6-10-20(21)26)24(32)27-16-25(2,3)29-13-12-18-8-4-5-9-19(18)15-29/h4-11,14H,12-13,15-16H2,1-3H3,(H,27,32). The zero-order chi connectivity index (χ0) is 22.9. The van der Waals surface area contributed by atoms with Gasteiger partial charge in [-0.05, 0) is 50.5 Å². The molecule has 1 aliphatic heterocycles. The molecule has 6 nitrogen and oxygen atoms in total. The Morgan fingerprint density at radius 2 is 1.81 bits per heavy atom. The lowest BCUT2D eigenvalue weighted by atomic mass is 9.94. The van der Waals surface area contributed by atoms with Gasteiger partial charge >= 0.3 is 0 Å². The minimum absolute atomic E-state index is 0.186. The number of carbonyl (C=O) groups excluding carboxylic acids is 1. The Morgan fingerprint density at radius 1 is 1.12 bits per heavy atom. The van der Waals surface area contributed by atoms with Crippen molar-refractivity contribution in [1.29, 1.82) is 0 Å². The summed E-state index contributed by atoms with van der Waals surface area (Å²) in [5.74, 6) is -1.05. The summed E-state index contributed by atoms with van der Waals surface area (Å²) >= 11 is 0. The lowest BCUT2D eigenvalue weighted by Gasteiger charge is -2.41. The highest BCUT2D eigenvalue weighted by Gasteiger charge is 2.30. The van der Waals surface area contributed by atoms with Crippen LogP contribution >= 0.6 is 0 Å². The van der Waals surface area contributed by atoms with Gasteiger partial charge in [-0.3, -0.25) is 14.5 Å². The molecule has 2 heterocycles. The van der Waals surface area contributed by atoms with E-state index in [0.717, 1.165) is 19.5 Å². The molecular formula is C25H27FN4O2. The van der Waals surface area contributed by atoms with Gasteiger partial charge in [-0.2, -0.15) is 5.10 Å². The number of rotatable bonds is 5. The van der Waals surface area contributed by atoms with Crippen molar-refractivity contribution < 1.29 is 9.18 Å². The zero-order valence-corrected chi connectivity index (χ0v) is 18.6. The van der Waals surface area contributed by atoms with E-state index in [2.05, 4.69) is 47.4 Å². The Hall–Kier alpha value is -3.32. The Morgan fingerprint density at radius 3 is 2.56 bits per heavy atom. The summed E-state index contributed by atoms with van der Waals surface area (Å²) in [6.07, 6.45) is 0.959. The first-order chi connectivity index (χ1) is 15.3. The van der Waals surface area contributed by atoms with E-state index < -0.39 is 17.2 Å². The Balaban J connectivity index is 1.51. The Kier molecular flexibility index (Phi) is 5.93. The van der Waals surface area contributed by atoms with Crippen molar-refractivity contribution >= 4 is 5.91 Å². The fraction of sp³-hybridized carbons (Fsp3) is 0.320. The topological polar surface area (TPSA) is 67.2 Å². The quantitative estimate of drug-likeness (QED) is 0.670. The van der Waals surface area contributed by atoms with E-state index in [0.29, 0.717) is 12.2 Å². The summed E-state index contributed by atoms with van der Waals surface area (Å²) < 4.78 is 15.5. The SMILES string of the molecule is Cc1cc(=O)c(C(=O)NCC(C)(C)N2CCc3ccccc3C2)nn1-c1ccccc1F. The summed E-state index contributed by atoms with van der Waals surface area (Å²) in [4.78, 5) is 27.7. The van der Waals surface area contributed by atoms with Crippen LogP contribution < -0.4 is 10.7 Å². The van der Waals surface area contributed by atoms with Crippen LogP contribution in [0.4, 0.5) is 4.39 Å². The van der Waals surface area contributed by atoms with Gasteiger partial charge in [0, 0.05) is 36.9 Å². The number of benzene rings is 2. The summed E-state index contributed by atoms with van der Waals surface area (Å²) in [6, 6.07) is 15.8. The molecule has 0 saturated heterocycles. The van der Waals surface area contributed by atoms with Crippen LogP contribution in [0.5, 0.6) is 0 Å². The molecule has 0 bridgehead atoms. The van der Waals surface area contributed by atoms with Crippen molar-refractivity contribution in [2.45, 2.75) is 39.3 Å². The summed E-state index contributed by atoms with van der Waals surface area (Å²) in [5.41, 5.74) is 2.23. The number of halogens is 1. The number of fused-ring (bicyclic) bond motifs is 1. The normalized spacial score (nSPS) is 14.1. The predicted molar refractivity (Wildman–Crippen MR) is 121 cm³/mol. The first-order valence-electron chi connectivity index (χ1n) is 10.7. The number of nitrogens with zero attached hydrogens (tertiary/aromatic N) is 3. The molecular weight excluding hydrogens is 407 g/mol. The molecule has 0 saturated carbocycles. The lowest BCUT2D eigenvalue weighted by molar-refractivity contribution is 0.0820. The molecule has 1 aromatic heterocycles. The summed E-state index contributed by atoms with van der Waals surface area (Å²) in [6.45, 7) is 7.84. The molecule has 0 aliphatic carbocycles. The molecule has 2 aromatic carbocycles. The second-order valence-electron chi connectivity index (χ2n) is 8.80. The number of amides is 1. The van der Waals surface area contributed by atoms with Gasteiger partial charge in [0.1, 0.15) is 11.5 Å². The first kappa shape index (κ1) is 21.9. The molecule has 7 heteroatoms. The molecule has 0 fully saturated rings. The van der Waals surface area contributed by atoms with E-state index in [-0.39, 0.29) is 16.9 Å². The average molecular weight is 435 g/mol. The molecule has 0 unspecified atom stereocenters. The zero-order valence-electron chi connectivity index (χ0n) is 18.6. The molecule has 3 aromatic rings. The molecule has 0 atom stereocenters. The molecule has 32 heavy (non-hydrogen) atoms. The number of para-hydroxylation sites is 1. The van der Waals surface area contributed by atoms with Crippen LogP contribution in [0.15, 0.2) is 59.4 Å². The van der Waals surface area contributed by atoms with Gasteiger partial charge in [0.05, 0.1) is 0 Å². The fourth-order valence-electron chi connectivity index (χ4n) is 4.08. The second-order valence-corrected chi connectivity index (χ2v) is 8.80. The first-order valence-corrected chi connectivity index (χ1v) is 10.7. The molecule has 0 spiro atoms. The van der Waals surface area contributed by atoms with Gasteiger partial charge in [-0.25, -0.2) is 9.07 Å². The second kappa shape index (κ2) is 8.67. The molecule has 1 amide bonds. The van der Waals surface area contributed by atoms with E-state index in [1.807, 2.05) is 6.07 Å². The third kappa shape index (κ3) is 4.34. The minimum atomic E-state index is -0.564. The van der Waals surface area contributed by atoms with Gasteiger partial charge in [0.2, 0.25) is 5.43 Å². The molecule has 0 radical (unpaired) electrons. The summed E-state index contributed by atoms with van der Waals surface area (Å²) in [5, 5.41) is 7.05. The maximum atomic E-state index is 14.3. The maximum absolute atomic E-state index is 14.3. The minimum Gasteiger partial charge on any atom is -0.349 e. The van der Waals surface area contributed by atoms with Crippen molar-refractivity contribution in [2.75, 3.05) is 13.1 Å². The number of aryl methyl sites for hydroxylation is 1. The number of carbonyl (C=O) groups is 1. The van der Waals surface area contributed by atoms with E-state index in [4.69, 9.17) is 0 Å². The number of hydrogen-bond donors (Lipinski definition) is 1. The Bertz CT molecular complexity index is 1220. The van der Waals surface area contributed by atoms with E-state index in [1.54, 1.807) is 25.1 Å². The average Bonchev–Trinajstić information content (AvgIpc) is 2.78. The van der Waals surface area contributed by atoms with Crippen LogP contribution in [-0.4, -0.2) is 39.2 Å². The number of aromatic nitrogens is 2. The van der Waals surface area contributed by atoms with Crippen molar-refractivity contribution in [3.05, 3.63) is 93.2 Å². The van der Waals surface area contributed by atoms with E-state index >= 15 is 0 Å². The lowest BCUT2D eigenvalue weighted by Crippen LogP contribution is -2.53. The molecule has 166 valence electrons. The predicted octanol–water partition coefficient (Wildman–Crippen LogP) is 3.25. The van der Waals surface area contributed by atoms with Crippen LogP contribution in [0.2, 0.25) is 0 Å². The van der Waals surface area contributed by atoms with Gasteiger partial charge in [0.25, 0.3) is 5.91 Å². The van der Waals surface area contributed by atoms with Crippen LogP contribution in [0.3, 0.4) is 0 Å². The third-order valence-corrected chi connectivity index (χ3v) is 6.07. The van der Waals surface area contributed by atoms with Crippen LogP contribution in [0.25, 0.3) is 5.69 Å². The van der Waals surface area contributed by atoms with Crippen LogP contribution in [0.1, 0.15) is 41.2 Å². The van der Waals surface area contributed by atoms with Crippen molar-refractivity contribution in [3.63, 3.8) is 0 Å². The van der Waals surface area contributed by atoms with Gasteiger partial charge in [-0.1, -0.05) is 36.4 Å². The largest absolute Gasteiger partial charge is 0.349 e. The van der Waals surface area contributed by atoms with Crippen molar-refractivity contribution in [3.8, 4) is 5.69 Å². The van der Waals surface area contributed by atoms with Gasteiger partial charge < -0.3 is 5.32 Å². The van der Waals surface area contributed by atoms with E-state index in [1.165, 1.54) is 27.9 Å². The fourth-order valence-corrected chi connectivity index (χ4v) is 4.08. The summed E-state index contributed by atoms with van der Waals surface area (Å²) in [7, 11) is 0. The van der Waals surface area contributed by atoms with Gasteiger partial charge in [0.15, 0.2) is 5.69 Å².